The van der Waals surface area contributed by atoms with Gasteiger partial charge in [0.2, 0.25) is 0 Å². The van der Waals surface area contributed by atoms with Crippen LogP contribution in [0.1, 0.15) is 31.3 Å². The highest BCUT2D eigenvalue weighted by Crippen LogP contribution is 2.39. The molecule has 0 aliphatic carbocycles. The maximum absolute atomic E-state index is 10.9. The smallest absolute Gasteiger partial charge is 0.354 e. The van der Waals surface area contributed by atoms with E-state index in [-0.39, 0.29) is 11.1 Å². The summed E-state index contributed by atoms with van der Waals surface area (Å²) in [5, 5.41) is 19.3. The number of aromatic nitrogens is 1. The van der Waals surface area contributed by atoms with E-state index in [9.17, 15) is 9.90 Å². The standard InChI is InChI=1S/C13H18N2O3/c1-12(2)7-15(8-13(12,3)18)10-6-4-5-9(14-10)11(16)17/h4-6,18H,7-8H2,1-3H3,(H,16,17). The fourth-order valence-corrected chi connectivity index (χ4v) is 2.17. The van der Waals surface area contributed by atoms with Crippen molar-refractivity contribution in [3.63, 3.8) is 0 Å². The van der Waals surface area contributed by atoms with Crippen LogP contribution >= 0.6 is 0 Å². The monoisotopic (exact) mass is 250 g/mol. The quantitative estimate of drug-likeness (QED) is 0.829. The number of rotatable bonds is 2. The van der Waals surface area contributed by atoms with Crippen molar-refractivity contribution < 1.29 is 15.0 Å². The molecule has 1 aromatic rings. The Labute approximate surface area is 106 Å². The lowest BCUT2D eigenvalue weighted by Crippen LogP contribution is -2.40. The molecule has 0 radical (unpaired) electrons. The van der Waals surface area contributed by atoms with Gasteiger partial charge in [-0.05, 0) is 19.1 Å². The zero-order valence-corrected chi connectivity index (χ0v) is 10.8. The van der Waals surface area contributed by atoms with Crippen LogP contribution in [0.2, 0.25) is 0 Å². The Balaban J connectivity index is 2.30. The average Bonchev–Trinajstić information content (AvgIpc) is 2.48. The van der Waals surface area contributed by atoms with Gasteiger partial charge in [-0.1, -0.05) is 19.9 Å². The molecule has 5 nitrogen and oxygen atoms in total. The molecule has 5 heteroatoms. The summed E-state index contributed by atoms with van der Waals surface area (Å²) in [6, 6.07) is 4.90. The fraction of sp³-hybridized carbons (Fsp3) is 0.538. The van der Waals surface area contributed by atoms with Gasteiger partial charge in [-0.2, -0.15) is 0 Å². The molecular weight excluding hydrogens is 232 g/mol. The molecule has 1 saturated heterocycles. The van der Waals surface area contributed by atoms with Gasteiger partial charge in [0.15, 0.2) is 5.69 Å². The summed E-state index contributed by atoms with van der Waals surface area (Å²) in [4.78, 5) is 16.9. The van der Waals surface area contributed by atoms with E-state index in [2.05, 4.69) is 4.98 Å². The van der Waals surface area contributed by atoms with Crippen LogP contribution in [0, 0.1) is 5.41 Å². The molecule has 0 amide bonds. The van der Waals surface area contributed by atoms with Gasteiger partial charge in [-0.3, -0.25) is 0 Å². The Hall–Kier alpha value is -1.62. The fourth-order valence-electron chi connectivity index (χ4n) is 2.17. The second-order valence-corrected chi connectivity index (χ2v) is 5.70. The molecular formula is C13H18N2O3. The lowest BCUT2D eigenvalue weighted by molar-refractivity contribution is -0.00891. The molecule has 0 aromatic carbocycles. The Morgan fingerprint density at radius 1 is 1.33 bits per heavy atom. The first-order valence-electron chi connectivity index (χ1n) is 5.91. The van der Waals surface area contributed by atoms with Gasteiger partial charge < -0.3 is 15.1 Å². The van der Waals surface area contributed by atoms with Gasteiger partial charge in [0.1, 0.15) is 5.82 Å². The maximum Gasteiger partial charge on any atom is 0.354 e. The van der Waals surface area contributed by atoms with E-state index in [1.54, 1.807) is 19.1 Å². The van der Waals surface area contributed by atoms with Crippen LogP contribution in [0.3, 0.4) is 0 Å². The van der Waals surface area contributed by atoms with Crippen molar-refractivity contribution in [1.29, 1.82) is 0 Å². The van der Waals surface area contributed by atoms with E-state index < -0.39 is 11.6 Å². The third kappa shape index (κ3) is 2.06. The number of β-amino-alcohol motifs (C(OH)–C–C–N with tert-alkyl or cyclic N) is 1. The SMILES string of the molecule is CC1(C)CN(c2cccc(C(=O)O)n2)CC1(C)O. The molecule has 0 bridgehead atoms. The molecule has 2 heterocycles. The zero-order valence-electron chi connectivity index (χ0n) is 10.8. The van der Waals surface area contributed by atoms with Crippen LogP contribution in [-0.4, -0.2) is 39.9 Å². The van der Waals surface area contributed by atoms with Crippen molar-refractivity contribution in [2.45, 2.75) is 26.4 Å². The summed E-state index contributed by atoms with van der Waals surface area (Å²) >= 11 is 0. The number of nitrogens with zero attached hydrogens (tertiary/aromatic N) is 2. The minimum atomic E-state index is -1.04. The Morgan fingerprint density at radius 3 is 2.50 bits per heavy atom. The number of carbonyl (C=O) groups is 1. The molecule has 2 N–H and O–H groups in total. The predicted octanol–water partition coefficient (Wildman–Crippen LogP) is 1.38. The lowest BCUT2D eigenvalue weighted by atomic mass is 9.79. The summed E-state index contributed by atoms with van der Waals surface area (Å²) in [5.41, 5.74) is -1.04. The molecule has 98 valence electrons. The van der Waals surface area contributed by atoms with E-state index in [4.69, 9.17) is 5.11 Å². The summed E-state index contributed by atoms with van der Waals surface area (Å²) in [6.07, 6.45) is 0. The van der Waals surface area contributed by atoms with Crippen LogP contribution in [0.5, 0.6) is 0 Å². The van der Waals surface area contributed by atoms with Crippen LogP contribution in [0.25, 0.3) is 0 Å². The van der Waals surface area contributed by atoms with Gasteiger partial charge in [-0.25, -0.2) is 9.78 Å². The number of pyridine rings is 1. The Kier molecular flexibility index (Phi) is 2.81. The molecule has 0 spiro atoms. The third-order valence-corrected chi connectivity index (χ3v) is 3.82. The molecule has 18 heavy (non-hydrogen) atoms. The maximum atomic E-state index is 10.9. The van der Waals surface area contributed by atoms with Gasteiger partial charge in [0.25, 0.3) is 0 Å². The van der Waals surface area contributed by atoms with E-state index in [0.717, 1.165) is 0 Å². The highest BCUT2D eigenvalue weighted by molar-refractivity contribution is 5.85. The molecule has 1 fully saturated rings. The number of aliphatic hydroxyl groups is 1. The second-order valence-electron chi connectivity index (χ2n) is 5.70. The van der Waals surface area contributed by atoms with Crippen molar-refractivity contribution in [2.75, 3.05) is 18.0 Å². The van der Waals surface area contributed by atoms with E-state index in [0.29, 0.717) is 18.9 Å². The first-order chi connectivity index (χ1) is 8.23. The van der Waals surface area contributed by atoms with Crippen molar-refractivity contribution in [3.8, 4) is 0 Å². The van der Waals surface area contributed by atoms with Gasteiger partial charge >= 0.3 is 5.97 Å². The second kappa shape index (κ2) is 3.95. The van der Waals surface area contributed by atoms with Gasteiger partial charge in [0.05, 0.1) is 5.60 Å². The summed E-state index contributed by atoms with van der Waals surface area (Å²) in [6.45, 7) is 6.89. The first kappa shape index (κ1) is 12.8. The Morgan fingerprint density at radius 2 is 2.00 bits per heavy atom. The number of aromatic carboxylic acids is 1. The van der Waals surface area contributed by atoms with Crippen LogP contribution in [0.4, 0.5) is 5.82 Å². The van der Waals surface area contributed by atoms with E-state index >= 15 is 0 Å². The molecule has 1 aliphatic rings. The number of carboxylic acid groups (broad SMARTS) is 1. The largest absolute Gasteiger partial charge is 0.477 e. The van der Waals surface area contributed by atoms with Crippen LogP contribution in [0.15, 0.2) is 18.2 Å². The number of hydrogen-bond donors (Lipinski definition) is 2. The summed E-state index contributed by atoms with van der Waals surface area (Å²) < 4.78 is 0. The minimum Gasteiger partial charge on any atom is -0.477 e. The summed E-state index contributed by atoms with van der Waals surface area (Å²) in [5.74, 6) is -0.442. The predicted molar refractivity (Wildman–Crippen MR) is 67.8 cm³/mol. The molecule has 1 atom stereocenters. The molecule has 2 rings (SSSR count). The van der Waals surface area contributed by atoms with E-state index in [1.807, 2.05) is 18.7 Å². The highest BCUT2D eigenvalue weighted by atomic mass is 16.4. The van der Waals surface area contributed by atoms with Crippen molar-refractivity contribution in [1.82, 2.24) is 4.98 Å². The van der Waals surface area contributed by atoms with Crippen molar-refractivity contribution in [3.05, 3.63) is 23.9 Å². The zero-order chi connectivity index (χ0) is 13.6. The normalized spacial score (nSPS) is 26.3. The number of hydrogen-bond acceptors (Lipinski definition) is 4. The third-order valence-electron chi connectivity index (χ3n) is 3.82. The minimum absolute atomic E-state index is 0.0249. The molecule has 0 saturated carbocycles. The van der Waals surface area contributed by atoms with Gasteiger partial charge in [0, 0.05) is 18.5 Å². The van der Waals surface area contributed by atoms with Crippen LogP contribution < -0.4 is 4.90 Å². The summed E-state index contributed by atoms with van der Waals surface area (Å²) in [7, 11) is 0. The molecule has 1 aromatic heterocycles. The van der Waals surface area contributed by atoms with Crippen molar-refractivity contribution >= 4 is 11.8 Å². The number of anilines is 1. The lowest BCUT2D eigenvalue weighted by Gasteiger charge is -2.30. The highest BCUT2D eigenvalue weighted by Gasteiger charge is 2.48. The van der Waals surface area contributed by atoms with Gasteiger partial charge in [-0.15, -0.1) is 0 Å². The van der Waals surface area contributed by atoms with Crippen LogP contribution in [-0.2, 0) is 0 Å². The average molecular weight is 250 g/mol. The molecule has 1 aliphatic heterocycles. The number of carboxylic acids is 1. The topological polar surface area (TPSA) is 73.7 Å². The Bertz CT molecular complexity index is 467. The van der Waals surface area contributed by atoms with Crippen molar-refractivity contribution in [2.24, 2.45) is 5.41 Å². The first-order valence-corrected chi connectivity index (χ1v) is 5.91. The molecule has 1 unspecified atom stereocenters. The van der Waals surface area contributed by atoms with E-state index in [1.165, 1.54) is 6.07 Å².